The van der Waals surface area contributed by atoms with Crippen LogP contribution in [0.3, 0.4) is 0 Å². The predicted molar refractivity (Wildman–Crippen MR) is 76.1 cm³/mol. The van der Waals surface area contributed by atoms with Crippen molar-refractivity contribution >= 4 is 12.6 Å². The predicted octanol–water partition coefficient (Wildman–Crippen LogP) is -0.214. The number of hydrogen-bond donors (Lipinski definition) is 2. The Balaban J connectivity index is 1.57. The van der Waals surface area contributed by atoms with E-state index in [1.165, 1.54) is 18.9 Å². The second-order valence-corrected chi connectivity index (χ2v) is 5.77. The third-order valence-corrected chi connectivity index (χ3v) is 4.24. The van der Waals surface area contributed by atoms with E-state index in [4.69, 9.17) is 10.0 Å². The van der Waals surface area contributed by atoms with Gasteiger partial charge in [-0.25, -0.2) is 4.39 Å². The molecule has 0 bridgehead atoms. The smallest absolute Gasteiger partial charge is 0.423 e. The largest absolute Gasteiger partial charge is 0.488 e. The number of benzene rings is 1. The lowest BCUT2D eigenvalue weighted by Gasteiger charge is -2.34. The average Bonchev–Trinajstić information content (AvgIpc) is 3.26. The van der Waals surface area contributed by atoms with Crippen LogP contribution in [-0.2, 0) is 6.54 Å². The summed E-state index contributed by atoms with van der Waals surface area (Å²) in [5.41, 5.74) is 0.819. The Morgan fingerprint density at radius 1 is 1.15 bits per heavy atom. The van der Waals surface area contributed by atoms with Crippen LogP contribution in [0.15, 0.2) is 18.2 Å². The maximum absolute atomic E-state index is 13.9. The van der Waals surface area contributed by atoms with Gasteiger partial charge in [-0.1, -0.05) is 12.1 Å². The first kappa shape index (κ1) is 14.0. The molecule has 1 heterocycles. The molecular weight excluding hydrogens is 258 g/mol. The summed E-state index contributed by atoms with van der Waals surface area (Å²) < 4.78 is 13.9. The van der Waals surface area contributed by atoms with E-state index in [0.29, 0.717) is 12.1 Å². The summed E-state index contributed by atoms with van der Waals surface area (Å²) in [5.74, 6) is -0.361. The van der Waals surface area contributed by atoms with E-state index in [-0.39, 0.29) is 11.3 Å². The molecule has 3 rings (SSSR count). The molecule has 0 unspecified atom stereocenters. The summed E-state index contributed by atoms with van der Waals surface area (Å²) in [5, 5.41) is 18.0. The van der Waals surface area contributed by atoms with Crippen LogP contribution >= 0.6 is 0 Å². The highest BCUT2D eigenvalue weighted by Gasteiger charge is 2.31. The summed E-state index contributed by atoms with van der Waals surface area (Å²) in [6.45, 7) is 4.67. The van der Waals surface area contributed by atoms with Crippen molar-refractivity contribution in [2.24, 2.45) is 0 Å². The van der Waals surface area contributed by atoms with Crippen LogP contribution in [0.5, 0.6) is 0 Å². The topological polar surface area (TPSA) is 46.9 Å². The number of piperazine rings is 1. The molecule has 1 aromatic rings. The van der Waals surface area contributed by atoms with Gasteiger partial charge in [0.2, 0.25) is 0 Å². The number of rotatable bonds is 4. The van der Waals surface area contributed by atoms with Crippen molar-refractivity contribution in [2.45, 2.75) is 25.4 Å². The van der Waals surface area contributed by atoms with Crippen LogP contribution in [0.4, 0.5) is 4.39 Å². The van der Waals surface area contributed by atoms with Gasteiger partial charge in [-0.05, 0) is 24.4 Å². The molecule has 1 saturated carbocycles. The van der Waals surface area contributed by atoms with Crippen LogP contribution in [0.2, 0.25) is 0 Å². The van der Waals surface area contributed by atoms with E-state index in [9.17, 15) is 4.39 Å². The molecule has 1 aliphatic heterocycles. The highest BCUT2D eigenvalue weighted by atomic mass is 19.1. The van der Waals surface area contributed by atoms with E-state index in [0.717, 1.165) is 32.2 Å². The maximum Gasteiger partial charge on any atom is 0.488 e. The van der Waals surface area contributed by atoms with E-state index in [1.54, 1.807) is 12.1 Å². The molecule has 4 nitrogen and oxygen atoms in total. The Morgan fingerprint density at radius 3 is 2.40 bits per heavy atom. The fourth-order valence-corrected chi connectivity index (χ4v) is 2.82. The lowest BCUT2D eigenvalue weighted by Crippen LogP contribution is -2.46. The van der Waals surface area contributed by atoms with Gasteiger partial charge in [0, 0.05) is 44.3 Å². The molecule has 2 aliphatic rings. The third-order valence-electron chi connectivity index (χ3n) is 4.24. The summed E-state index contributed by atoms with van der Waals surface area (Å²) >= 11 is 0. The SMILES string of the molecule is OB(O)c1ccc(CN2CCN(C3CC3)CC2)c(F)c1. The molecule has 6 heteroatoms. The molecule has 1 aromatic carbocycles. The zero-order valence-corrected chi connectivity index (χ0v) is 11.5. The second-order valence-electron chi connectivity index (χ2n) is 5.77. The molecule has 0 atom stereocenters. The van der Waals surface area contributed by atoms with Gasteiger partial charge in [0.05, 0.1) is 0 Å². The van der Waals surface area contributed by atoms with Crippen LogP contribution in [0.1, 0.15) is 18.4 Å². The third kappa shape index (κ3) is 3.20. The Labute approximate surface area is 119 Å². The molecule has 0 aromatic heterocycles. The Bertz CT molecular complexity index is 474. The van der Waals surface area contributed by atoms with Gasteiger partial charge in [-0.3, -0.25) is 9.80 Å². The second kappa shape index (κ2) is 5.81. The van der Waals surface area contributed by atoms with Gasteiger partial charge in [0.25, 0.3) is 0 Å². The van der Waals surface area contributed by atoms with Gasteiger partial charge < -0.3 is 10.0 Å². The normalized spacial score (nSPS) is 21.1. The first-order chi connectivity index (χ1) is 9.63. The van der Waals surface area contributed by atoms with Crippen molar-refractivity contribution in [3.05, 3.63) is 29.6 Å². The summed E-state index contributed by atoms with van der Waals surface area (Å²) in [4.78, 5) is 4.78. The minimum atomic E-state index is -1.61. The Hall–Kier alpha value is -0.945. The van der Waals surface area contributed by atoms with Crippen molar-refractivity contribution in [2.75, 3.05) is 26.2 Å². The zero-order valence-electron chi connectivity index (χ0n) is 11.5. The highest BCUT2D eigenvalue weighted by Crippen LogP contribution is 2.27. The minimum absolute atomic E-state index is 0.199. The molecule has 0 amide bonds. The lowest BCUT2D eigenvalue weighted by atomic mass is 9.80. The highest BCUT2D eigenvalue weighted by molar-refractivity contribution is 6.58. The van der Waals surface area contributed by atoms with Crippen molar-refractivity contribution in [1.82, 2.24) is 9.80 Å². The summed E-state index contributed by atoms with van der Waals surface area (Å²) in [6.07, 6.45) is 2.67. The minimum Gasteiger partial charge on any atom is -0.423 e. The summed E-state index contributed by atoms with van der Waals surface area (Å²) in [7, 11) is -1.61. The van der Waals surface area contributed by atoms with Crippen LogP contribution < -0.4 is 5.46 Å². The number of hydrogen-bond acceptors (Lipinski definition) is 4. The maximum atomic E-state index is 13.9. The molecule has 1 aliphatic carbocycles. The first-order valence-corrected chi connectivity index (χ1v) is 7.24. The van der Waals surface area contributed by atoms with E-state index >= 15 is 0 Å². The Morgan fingerprint density at radius 2 is 1.85 bits per heavy atom. The fraction of sp³-hybridized carbons (Fsp3) is 0.571. The van der Waals surface area contributed by atoms with Gasteiger partial charge in [-0.15, -0.1) is 0 Å². The van der Waals surface area contributed by atoms with Gasteiger partial charge >= 0.3 is 7.12 Å². The first-order valence-electron chi connectivity index (χ1n) is 7.24. The van der Waals surface area contributed by atoms with E-state index in [1.807, 2.05) is 0 Å². The van der Waals surface area contributed by atoms with Crippen LogP contribution in [-0.4, -0.2) is 59.2 Å². The summed E-state index contributed by atoms with van der Waals surface area (Å²) in [6, 6.07) is 5.24. The van der Waals surface area contributed by atoms with E-state index < -0.39 is 7.12 Å². The molecule has 108 valence electrons. The van der Waals surface area contributed by atoms with Crippen molar-refractivity contribution < 1.29 is 14.4 Å². The van der Waals surface area contributed by atoms with Gasteiger partial charge in [0.1, 0.15) is 5.82 Å². The van der Waals surface area contributed by atoms with Crippen LogP contribution in [0, 0.1) is 5.82 Å². The number of halogens is 1. The van der Waals surface area contributed by atoms with Crippen LogP contribution in [0.25, 0.3) is 0 Å². The molecular formula is C14H20BFN2O2. The fourth-order valence-electron chi connectivity index (χ4n) is 2.82. The van der Waals surface area contributed by atoms with E-state index in [2.05, 4.69) is 9.80 Å². The van der Waals surface area contributed by atoms with Crippen molar-refractivity contribution in [3.8, 4) is 0 Å². The van der Waals surface area contributed by atoms with Gasteiger partial charge in [0.15, 0.2) is 0 Å². The zero-order chi connectivity index (χ0) is 14.1. The molecule has 1 saturated heterocycles. The molecule has 20 heavy (non-hydrogen) atoms. The number of nitrogens with zero attached hydrogens (tertiary/aromatic N) is 2. The van der Waals surface area contributed by atoms with Gasteiger partial charge in [-0.2, -0.15) is 0 Å². The lowest BCUT2D eigenvalue weighted by molar-refractivity contribution is 0.120. The standard InChI is InChI=1S/C14H20BFN2O2/c16-14-9-12(15(19)20)2-1-11(14)10-17-5-7-18(8-6-17)13-3-4-13/h1-2,9,13,19-20H,3-8,10H2. The Kier molecular flexibility index (Phi) is 4.07. The quantitative estimate of drug-likeness (QED) is 0.748. The molecule has 0 spiro atoms. The average molecular weight is 278 g/mol. The molecule has 2 N–H and O–H groups in total. The van der Waals surface area contributed by atoms with Crippen molar-refractivity contribution in [3.63, 3.8) is 0 Å². The van der Waals surface area contributed by atoms with Crippen molar-refractivity contribution in [1.29, 1.82) is 0 Å². The molecule has 2 fully saturated rings. The monoisotopic (exact) mass is 278 g/mol. The molecule has 0 radical (unpaired) electrons.